The summed E-state index contributed by atoms with van der Waals surface area (Å²) >= 11 is 2.95. The molecule has 39 heavy (non-hydrogen) atoms. The van der Waals surface area contributed by atoms with E-state index in [1.807, 2.05) is 56.4 Å². The molecule has 1 amide bonds. The first-order valence-corrected chi connectivity index (χ1v) is 14.2. The summed E-state index contributed by atoms with van der Waals surface area (Å²) in [4.78, 5) is 24.3. The van der Waals surface area contributed by atoms with E-state index >= 15 is 0 Å². The Morgan fingerprint density at radius 2 is 1.85 bits per heavy atom. The average molecular weight is 551 g/mol. The van der Waals surface area contributed by atoms with Gasteiger partial charge >= 0.3 is 0 Å². The van der Waals surface area contributed by atoms with Crippen molar-refractivity contribution in [3.8, 4) is 12.1 Å². The second-order valence-electron chi connectivity index (χ2n) is 9.15. The predicted octanol–water partition coefficient (Wildman–Crippen LogP) is 6.76. The van der Waals surface area contributed by atoms with Crippen LogP contribution in [0.4, 0.5) is 17.1 Å². The highest BCUT2D eigenvalue weighted by Crippen LogP contribution is 2.51. The summed E-state index contributed by atoms with van der Waals surface area (Å²) in [5.74, 6) is -0.0892. The van der Waals surface area contributed by atoms with Crippen LogP contribution in [0.15, 0.2) is 86.6 Å². The SMILES string of the molecule is Cc1ccc(C#N)cc1N=C1SC(=C2Sc3cc(NCCCC#N)ccc3N2C)C(=O)N1Cc1ccccc1. The lowest BCUT2D eigenvalue weighted by atomic mass is 10.1. The molecule has 0 spiro atoms. The topological polar surface area (TPSA) is 95.5 Å². The maximum atomic E-state index is 13.9. The molecule has 7 nitrogen and oxygen atoms in total. The minimum absolute atomic E-state index is 0.0892. The molecule has 5 rings (SSSR count). The Bertz CT molecular complexity index is 1570. The number of aliphatic imine (C=N–C) groups is 1. The Morgan fingerprint density at radius 1 is 1.03 bits per heavy atom. The zero-order valence-electron chi connectivity index (χ0n) is 21.6. The molecule has 9 heteroatoms. The number of nitrogens with one attached hydrogen (secondary N) is 1. The van der Waals surface area contributed by atoms with Gasteiger partial charge in [-0.2, -0.15) is 10.5 Å². The molecule has 0 unspecified atom stereocenters. The molecule has 0 saturated carbocycles. The van der Waals surface area contributed by atoms with Crippen LogP contribution < -0.4 is 10.2 Å². The van der Waals surface area contributed by atoms with Crippen LogP contribution >= 0.6 is 23.5 Å². The van der Waals surface area contributed by atoms with Crippen LogP contribution in [0.25, 0.3) is 0 Å². The summed E-state index contributed by atoms with van der Waals surface area (Å²) in [6.45, 7) is 3.08. The minimum atomic E-state index is -0.0892. The fourth-order valence-corrected chi connectivity index (χ4v) is 6.66. The molecule has 2 aliphatic heterocycles. The van der Waals surface area contributed by atoms with E-state index in [1.165, 1.54) is 11.8 Å². The first-order valence-electron chi connectivity index (χ1n) is 12.5. The van der Waals surface area contributed by atoms with E-state index in [4.69, 9.17) is 10.3 Å². The number of nitrogens with zero attached hydrogens (tertiary/aromatic N) is 5. The number of carbonyl (C=O) groups excluding carboxylic acids is 1. The number of anilines is 2. The summed E-state index contributed by atoms with van der Waals surface area (Å²) in [5.41, 5.74) is 5.18. The molecule has 0 aliphatic carbocycles. The molecule has 2 heterocycles. The monoisotopic (exact) mass is 550 g/mol. The Labute approximate surface area is 236 Å². The lowest BCUT2D eigenvalue weighted by Gasteiger charge is -2.17. The summed E-state index contributed by atoms with van der Waals surface area (Å²) in [5, 5.41) is 23.0. The van der Waals surface area contributed by atoms with E-state index in [-0.39, 0.29) is 5.91 Å². The van der Waals surface area contributed by atoms with Gasteiger partial charge in [-0.3, -0.25) is 9.69 Å². The second kappa shape index (κ2) is 11.7. The van der Waals surface area contributed by atoms with Gasteiger partial charge in [0.25, 0.3) is 5.91 Å². The number of amidine groups is 1. The number of rotatable bonds is 7. The zero-order chi connectivity index (χ0) is 27.4. The molecule has 194 valence electrons. The summed E-state index contributed by atoms with van der Waals surface area (Å²) < 4.78 is 0. The number of thioether (sulfide) groups is 2. The maximum Gasteiger partial charge on any atom is 0.269 e. The van der Waals surface area contributed by atoms with Gasteiger partial charge in [-0.25, -0.2) is 4.99 Å². The number of nitriles is 2. The van der Waals surface area contributed by atoms with Crippen LogP contribution in [0.3, 0.4) is 0 Å². The van der Waals surface area contributed by atoms with Gasteiger partial charge in [-0.05, 0) is 66.6 Å². The molecule has 1 saturated heterocycles. The van der Waals surface area contributed by atoms with Crippen LogP contribution in [-0.4, -0.2) is 29.6 Å². The number of aryl methyl sites for hydroxylation is 1. The molecular formula is C30H26N6OS2. The highest BCUT2D eigenvalue weighted by Gasteiger charge is 2.39. The van der Waals surface area contributed by atoms with E-state index in [1.54, 1.807) is 28.8 Å². The van der Waals surface area contributed by atoms with Crippen LogP contribution in [0, 0.1) is 29.6 Å². The smallest absolute Gasteiger partial charge is 0.269 e. The van der Waals surface area contributed by atoms with Crippen LogP contribution in [-0.2, 0) is 11.3 Å². The number of benzene rings is 3. The lowest BCUT2D eigenvalue weighted by molar-refractivity contribution is -0.122. The molecule has 0 aromatic heterocycles. The molecule has 0 atom stereocenters. The van der Waals surface area contributed by atoms with Gasteiger partial charge in [0.2, 0.25) is 0 Å². The van der Waals surface area contributed by atoms with Crippen molar-refractivity contribution >= 4 is 51.7 Å². The number of carbonyl (C=O) groups is 1. The molecule has 1 N–H and O–H groups in total. The van der Waals surface area contributed by atoms with Crippen molar-refractivity contribution in [3.63, 3.8) is 0 Å². The summed E-state index contributed by atoms with van der Waals surface area (Å²) in [6.07, 6.45) is 1.31. The predicted molar refractivity (Wildman–Crippen MR) is 159 cm³/mol. The summed E-state index contributed by atoms with van der Waals surface area (Å²) in [7, 11) is 1.98. The normalized spacial score (nSPS) is 17.3. The highest BCUT2D eigenvalue weighted by molar-refractivity contribution is 8.19. The van der Waals surface area contributed by atoms with Crippen molar-refractivity contribution in [2.75, 3.05) is 23.8 Å². The minimum Gasteiger partial charge on any atom is -0.385 e. The van der Waals surface area contributed by atoms with Gasteiger partial charge in [-0.1, -0.05) is 48.2 Å². The van der Waals surface area contributed by atoms with Gasteiger partial charge in [-0.15, -0.1) is 0 Å². The maximum absolute atomic E-state index is 13.9. The third-order valence-electron chi connectivity index (χ3n) is 6.42. The van der Waals surface area contributed by atoms with Crippen LogP contribution in [0.1, 0.15) is 29.5 Å². The van der Waals surface area contributed by atoms with Crippen molar-refractivity contribution in [1.82, 2.24) is 4.90 Å². The fourth-order valence-electron chi connectivity index (χ4n) is 4.29. The zero-order valence-corrected chi connectivity index (χ0v) is 23.3. The Kier molecular flexibility index (Phi) is 7.92. The molecule has 3 aromatic carbocycles. The first kappa shape index (κ1) is 26.4. The Hall–Kier alpha value is -4.18. The fraction of sp³-hybridized carbons (Fsp3) is 0.200. The van der Waals surface area contributed by atoms with E-state index < -0.39 is 0 Å². The molecule has 0 radical (unpaired) electrons. The largest absolute Gasteiger partial charge is 0.385 e. The molecular weight excluding hydrogens is 525 g/mol. The van der Waals surface area contributed by atoms with Crippen molar-refractivity contribution < 1.29 is 4.79 Å². The van der Waals surface area contributed by atoms with Gasteiger partial charge < -0.3 is 10.2 Å². The molecule has 1 fully saturated rings. The lowest BCUT2D eigenvalue weighted by Crippen LogP contribution is -2.29. The van der Waals surface area contributed by atoms with Crippen molar-refractivity contribution in [3.05, 3.63) is 93.4 Å². The van der Waals surface area contributed by atoms with Crippen molar-refractivity contribution in [1.29, 1.82) is 10.5 Å². The summed E-state index contributed by atoms with van der Waals surface area (Å²) in [6, 6.07) is 25.8. The van der Waals surface area contributed by atoms with Gasteiger partial charge in [0.05, 0.1) is 40.7 Å². The van der Waals surface area contributed by atoms with Gasteiger partial charge in [0.1, 0.15) is 4.91 Å². The third-order valence-corrected chi connectivity index (χ3v) is 8.84. The average Bonchev–Trinajstić information content (AvgIpc) is 3.43. The molecule has 3 aromatic rings. The van der Waals surface area contributed by atoms with E-state index in [9.17, 15) is 10.1 Å². The molecule has 2 aliphatic rings. The Morgan fingerprint density at radius 3 is 2.62 bits per heavy atom. The number of hydrogen-bond acceptors (Lipinski definition) is 8. The van der Waals surface area contributed by atoms with Crippen molar-refractivity contribution in [2.24, 2.45) is 4.99 Å². The van der Waals surface area contributed by atoms with E-state index in [0.29, 0.717) is 34.3 Å². The quantitative estimate of drug-likeness (QED) is 0.257. The number of fused-ring (bicyclic) bond motifs is 1. The highest BCUT2D eigenvalue weighted by atomic mass is 32.2. The third kappa shape index (κ3) is 5.65. The number of hydrogen-bond donors (Lipinski definition) is 1. The number of amides is 1. The van der Waals surface area contributed by atoms with Gasteiger partial charge in [0.15, 0.2) is 5.17 Å². The molecule has 0 bridgehead atoms. The van der Waals surface area contributed by atoms with E-state index in [2.05, 4.69) is 34.5 Å². The second-order valence-corrected chi connectivity index (χ2v) is 11.2. The Balaban J connectivity index is 1.49. The number of unbranched alkanes of at least 4 members (excludes halogenated alkanes) is 1. The van der Waals surface area contributed by atoms with Crippen LogP contribution in [0.2, 0.25) is 0 Å². The van der Waals surface area contributed by atoms with Gasteiger partial charge in [0, 0.05) is 30.6 Å². The van der Waals surface area contributed by atoms with Crippen LogP contribution in [0.5, 0.6) is 0 Å². The van der Waals surface area contributed by atoms with Crippen molar-refractivity contribution in [2.45, 2.75) is 31.2 Å². The first-order chi connectivity index (χ1) is 19.0. The van der Waals surface area contributed by atoms with E-state index in [0.717, 1.165) is 45.4 Å². The standard InChI is InChI=1S/C30H26N6OS2/c1-20-10-11-22(18-32)16-24(20)34-30-36(19-21-8-4-3-5-9-21)28(37)27(39-30)29-35(2)25-13-12-23(17-26(25)38-29)33-15-7-6-14-31/h3-5,8-13,16-17,33H,6-7,15,19H2,1-2H3.